The molecule has 2 aromatic carbocycles. The molecule has 0 atom stereocenters. The van der Waals surface area contributed by atoms with Crippen LogP contribution in [0.15, 0.2) is 71.3 Å². The summed E-state index contributed by atoms with van der Waals surface area (Å²) in [5, 5.41) is 2.91. The topological polar surface area (TPSA) is 75.8 Å². The summed E-state index contributed by atoms with van der Waals surface area (Å²) < 4.78 is 20.6. The SMILES string of the molecule is O=C(NCc1nc2ccccc2[nH]1)c1cc2occc2n1Cc1ccc(F)cc1. The van der Waals surface area contributed by atoms with E-state index in [0.717, 1.165) is 22.1 Å². The number of hydrogen-bond acceptors (Lipinski definition) is 3. The van der Waals surface area contributed by atoms with Gasteiger partial charge in [0.2, 0.25) is 0 Å². The van der Waals surface area contributed by atoms with Crippen LogP contribution >= 0.6 is 0 Å². The van der Waals surface area contributed by atoms with E-state index in [1.807, 2.05) is 34.9 Å². The molecule has 5 aromatic rings. The number of imidazole rings is 1. The molecule has 2 N–H and O–H groups in total. The summed E-state index contributed by atoms with van der Waals surface area (Å²) >= 11 is 0. The summed E-state index contributed by atoms with van der Waals surface area (Å²) in [4.78, 5) is 20.6. The third-order valence-electron chi connectivity index (χ3n) is 4.86. The number of hydrogen-bond donors (Lipinski definition) is 2. The van der Waals surface area contributed by atoms with Crippen molar-refractivity contribution >= 4 is 28.0 Å². The van der Waals surface area contributed by atoms with E-state index in [2.05, 4.69) is 15.3 Å². The van der Waals surface area contributed by atoms with Crippen LogP contribution in [-0.2, 0) is 13.1 Å². The molecule has 3 aromatic heterocycles. The maximum absolute atomic E-state index is 13.2. The number of para-hydroxylation sites is 2. The van der Waals surface area contributed by atoms with E-state index in [0.29, 0.717) is 23.6 Å². The summed E-state index contributed by atoms with van der Waals surface area (Å²) in [6, 6.07) is 17.5. The first-order chi connectivity index (χ1) is 14.2. The minimum absolute atomic E-state index is 0.237. The van der Waals surface area contributed by atoms with Crippen LogP contribution in [0.2, 0.25) is 0 Å². The maximum Gasteiger partial charge on any atom is 0.268 e. The second-order valence-corrected chi connectivity index (χ2v) is 6.80. The van der Waals surface area contributed by atoms with E-state index < -0.39 is 0 Å². The Morgan fingerprint density at radius 1 is 1.14 bits per heavy atom. The second-order valence-electron chi connectivity index (χ2n) is 6.80. The molecule has 6 nitrogen and oxygen atoms in total. The van der Waals surface area contributed by atoms with Gasteiger partial charge in [-0.15, -0.1) is 0 Å². The first-order valence-electron chi connectivity index (χ1n) is 9.20. The third-order valence-corrected chi connectivity index (χ3v) is 4.86. The Bertz CT molecular complexity index is 1280. The highest BCUT2D eigenvalue weighted by molar-refractivity contribution is 5.97. The van der Waals surface area contributed by atoms with Crippen LogP contribution < -0.4 is 5.32 Å². The third kappa shape index (κ3) is 3.27. The minimum Gasteiger partial charge on any atom is -0.463 e. The van der Waals surface area contributed by atoms with E-state index >= 15 is 0 Å². The van der Waals surface area contributed by atoms with Gasteiger partial charge in [0.1, 0.15) is 17.3 Å². The summed E-state index contributed by atoms with van der Waals surface area (Å²) in [6.45, 7) is 0.702. The van der Waals surface area contributed by atoms with E-state index in [1.165, 1.54) is 12.1 Å². The van der Waals surface area contributed by atoms with Crippen molar-refractivity contribution in [2.24, 2.45) is 0 Å². The van der Waals surface area contributed by atoms with Gasteiger partial charge in [-0.05, 0) is 29.8 Å². The highest BCUT2D eigenvalue weighted by Gasteiger charge is 2.18. The second kappa shape index (κ2) is 6.94. The minimum atomic E-state index is -0.293. The summed E-state index contributed by atoms with van der Waals surface area (Å²) in [5.74, 6) is 0.150. The zero-order valence-corrected chi connectivity index (χ0v) is 15.4. The number of furan rings is 1. The average Bonchev–Trinajstić information content (AvgIpc) is 3.43. The van der Waals surface area contributed by atoms with Crippen molar-refractivity contribution in [3.8, 4) is 0 Å². The Kier molecular flexibility index (Phi) is 4.13. The van der Waals surface area contributed by atoms with Crippen molar-refractivity contribution in [2.75, 3.05) is 0 Å². The monoisotopic (exact) mass is 388 g/mol. The molecule has 29 heavy (non-hydrogen) atoms. The van der Waals surface area contributed by atoms with Gasteiger partial charge in [-0.1, -0.05) is 24.3 Å². The van der Waals surface area contributed by atoms with Crippen molar-refractivity contribution in [1.29, 1.82) is 0 Å². The lowest BCUT2D eigenvalue weighted by atomic mass is 10.2. The molecule has 0 aliphatic rings. The first-order valence-corrected chi connectivity index (χ1v) is 9.20. The van der Waals surface area contributed by atoms with Crippen molar-refractivity contribution in [2.45, 2.75) is 13.1 Å². The van der Waals surface area contributed by atoms with E-state index in [4.69, 9.17) is 4.42 Å². The van der Waals surface area contributed by atoms with Crippen LogP contribution in [-0.4, -0.2) is 20.4 Å². The standard InChI is InChI=1S/C22H17FN4O2/c23-15-7-5-14(6-8-15)13-27-18-9-10-29-20(18)11-19(27)22(28)24-12-21-25-16-3-1-2-4-17(16)26-21/h1-11H,12-13H2,(H,24,28)(H,25,26). The molecule has 0 aliphatic heterocycles. The number of benzene rings is 2. The van der Waals surface area contributed by atoms with Crippen LogP contribution in [0.1, 0.15) is 21.9 Å². The number of aromatic nitrogens is 3. The number of fused-ring (bicyclic) bond motifs is 2. The quantitative estimate of drug-likeness (QED) is 0.473. The molecule has 0 spiro atoms. The van der Waals surface area contributed by atoms with Gasteiger partial charge in [0, 0.05) is 18.7 Å². The molecule has 0 saturated carbocycles. The number of halogens is 1. The lowest BCUT2D eigenvalue weighted by molar-refractivity contribution is 0.0941. The molecule has 0 saturated heterocycles. The van der Waals surface area contributed by atoms with Gasteiger partial charge < -0.3 is 19.3 Å². The molecular formula is C22H17FN4O2. The van der Waals surface area contributed by atoms with Crippen LogP contribution in [0.25, 0.3) is 22.1 Å². The predicted octanol–water partition coefficient (Wildman–Crippen LogP) is 4.23. The highest BCUT2D eigenvalue weighted by Crippen LogP contribution is 2.23. The van der Waals surface area contributed by atoms with E-state index in [-0.39, 0.29) is 18.3 Å². The Labute approximate surface area is 165 Å². The van der Waals surface area contributed by atoms with Crippen LogP contribution in [0.3, 0.4) is 0 Å². The molecular weight excluding hydrogens is 371 g/mol. The maximum atomic E-state index is 13.2. The molecule has 0 radical (unpaired) electrons. The van der Waals surface area contributed by atoms with Gasteiger partial charge in [0.25, 0.3) is 5.91 Å². The Balaban J connectivity index is 1.40. The summed E-state index contributed by atoms with van der Waals surface area (Å²) in [5.41, 5.74) is 4.57. The fraction of sp³-hybridized carbons (Fsp3) is 0.0909. The van der Waals surface area contributed by atoms with Gasteiger partial charge >= 0.3 is 0 Å². The lowest BCUT2D eigenvalue weighted by Gasteiger charge is -2.10. The van der Waals surface area contributed by atoms with Gasteiger partial charge in [-0.25, -0.2) is 9.37 Å². The molecule has 3 heterocycles. The highest BCUT2D eigenvalue weighted by atomic mass is 19.1. The fourth-order valence-electron chi connectivity index (χ4n) is 3.45. The fourth-order valence-corrected chi connectivity index (χ4v) is 3.45. The van der Waals surface area contributed by atoms with E-state index in [9.17, 15) is 9.18 Å². The normalized spacial score (nSPS) is 11.3. The average molecular weight is 388 g/mol. The van der Waals surface area contributed by atoms with Crippen LogP contribution in [0, 0.1) is 5.82 Å². The number of nitrogens with zero attached hydrogens (tertiary/aromatic N) is 2. The molecule has 7 heteroatoms. The number of nitrogens with one attached hydrogen (secondary N) is 2. The van der Waals surface area contributed by atoms with Crippen LogP contribution in [0.5, 0.6) is 0 Å². The molecule has 0 aliphatic carbocycles. The molecule has 0 bridgehead atoms. The summed E-state index contributed by atoms with van der Waals surface area (Å²) in [7, 11) is 0. The molecule has 0 unspecified atom stereocenters. The number of rotatable bonds is 5. The molecule has 0 fully saturated rings. The largest absolute Gasteiger partial charge is 0.463 e. The van der Waals surface area contributed by atoms with Gasteiger partial charge in [-0.3, -0.25) is 4.79 Å². The van der Waals surface area contributed by atoms with Crippen molar-refractivity contribution in [3.63, 3.8) is 0 Å². The smallest absolute Gasteiger partial charge is 0.268 e. The van der Waals surface area contributed by atoms with Crippen molar-refractivity contribution in [1.82, 2.24) is 19.9 Å². The first kappa shape index (κ1) is 17.2. The number of H-pyrrole nitrogens is 1. The van der Waals surface area contributed by atoms with E-state index in [1.54, 1.807) is 24.5 Å². The number of carbonyl (C=O) groups excluding carboxylic acids is 1. The zero-order valence-electron chi connectivity index (χ0n) is 15.4. The number of carbonyl (C=O) groups is 1. The molecule has 144 valence electrons. The van der Waals surface area contributed by atoms with Crippen LogP contribution in [0.4, 0.5) is 4.39 Å². The van der Waals surface area contributed by atoms with Crippen molar-refractivity contribution < 1.29 is 13.6 Å². The number of aromatic amines is 1. The predicted molar refractivity (Wildman–Crippen MR) is 107 cm³/mol. The Morgan fingerprint density at radius 3 is 2.79 bits per heavy atom. The van der Waals surface area contributed by atoms with Gasteiger partial charge in [0.15, 0.2) is 5.58 Å². The molecule has 5 rings (SSSR count). The van der Waals surface area contributed by atoms with Gasteiger partial charge in [0.05, 0.1) is 29.4 Å². The molecule has 1 amide bonds. The van der Waals surface area contributed by atoms with Crippen molar-refractivity contribution in [3.05, 3.63) is 89.8 Å². The Morgan fingerprint density at radius 2 is 1.97 bits per heavy atom. The lowest BCUT2D eigenvalue weighted by Crippen LogP contribution is -2.26. The zero-order chi connectivity index (χ0) is 19.8. The Hall–Kier alpha value is -3.87. The number of amides is 1. The van der Waals surface area contributed by atoms with Gasteiger partial charge in [-0.2, -0.15) is 0 Å². The summed E-state index contributed by atoms with van der Waals surface area (Å²) in [6.07, 6.45) is 1.59.